The maximum absolute atomic E-state index is 9.95. The first-order valence-electron chi connectivity index (χ1n) is 4.87. The van der Waals surface area contributed by atoms with Gasteiger partial charge in [0.25, 0.3) is 0 Å². The molecule has 1 heterocycles. The van der Waals surface area contributed by atoms with Crippen LogP contribution in [0.15, 0.2) is 28.9 Å². The Morgan fingerprint density at radius 1 is 1.47 bits per heavy atom. The molecular formula is C11H13BrN2O. The Balaban J connectivity index is 2.54. The molecule has 4 heteroatoms. The molecule has 0 aliphatic heterocycles. The minimum Gasteiger partial charge on any atom is -0.388 e. The van der Waals surface area contributed by atoms with Gasteiger partial charge in [-0.2, -0.15) is 0 Å². The van der Waals surface area contributed by atoms with Crippen LogP contribution in [0.5, 0.6) is 0 Å². The van der Waals surface area contributed by atoms with E-state index in [1.165, 1.54) is 0 Å². The van der Waals surface area contributed by atoms with Crippen molar-refractivity contribution in [2.45, 2.75) is 12.5 Å². The van der Waals surface area contributed by atoms with Gasteiger partial charge in [0.1, 0.15) is 0 Å². The number of aromatic amines is 1. The topological polar surface area (TPSA) is 62.0 Å². The molecule has 0 saturated carbocycles. The molecule has 2 rings (SSSR count). The van der Waals surface area contributed by atoms with E-state index in [0.717, 1.165) is 20.9 Å². The van der Waals surface area contributed by atoms with Crippen molar-refractivity contribution in [2.24, 2.45) is 5.73 Å². The van der Waals surface area contributed by atoms with Gasteiger partial charge in [-0.15, -0.1) is 0 Å². The zero-order valence-electron chi connectivity index (χ0n) is 8.20. The molecule has 4 N–H and O–H groups in total. The van der Waals surface area contributed by atoms with E-state index in [0.29, 0.717) is 13.0 Å². The normalized spacial score (nSPS) is 13.3. The maximum atomic E-state index is 9.95. The number of aliphatic hydroxyl groups is 1. The van der Waals surface area contributed by atoms with Crippen molar-refractivity contribution in [3.63, 3.8) is 0 Å². The maximum Gasteiger partial charge on any atom is 0.0809 e. The van der Waals surface area contributed by atoms with Gasteiger partial charge in [0.05, 0.1) is 6.10 Å². The summed E-state index contributed by atoms with van der Waals surface area (Å²) < 4.78 is 0.976. The second kappa shape index (κ2) is 4.35. The highest BCUT2D eigenvalue weighted by Gasteiger charge is 2.13. The highest BCUT2D eigenvalue weighted by atomic mass is 79.9. The van der Waals surface area contributed by atoms with Crippen LogP contribution in [0.1, 0.15) is 18.1 Å². The average molecular weight is 269 g/mol. The second-order valence-electron chi connectivity index (χ2n) is 3.50. The van der Waals surface area contributed by atoms with Gasteiger partial charge in [-0.1, -0.05) is 12.1 Å². The summed E-state index contributed by atoms with van der Waals surface area (Å²) in [5.41, 5.74) is 7.39. The van der Waals surface area contributed by atoms with Crippen molar-refractivity contribution in [1.29, 1.82) is 0 Å². The lowest BCUT2D eigenvalue weighted by molar-refractivity contribution is 0.172. The van der Waals surface area contributed by atoms with Crippen LogP contribution in [0.2, 0.25) is 0 Å². The standard InChI is InChI=1S/C11H13BrN2O/c12-8-6-14-9-3-1-2-7(11(8)9)10(15)4-5-13/h1-3,6,10,14-15H,4-5,13H2. The van der Waals surface area contributed by atoms with Gasteiger partial charge in [0, 0.05) is 21.6 Å². The van der Waals surface area contributed by atoms with Crippen LogP contribution in [0, 0.1) is 0 Å². The Kier molecular flexibility index (Phi) is 3.09. The molecule has 0 bridgehead atoms. The lowest BCUT2D eigenvalue weighted by Crippen LogP contribution is -2.06. The molecule has 3 nitrogen and oxygen atoms in total. The third-order valence-corrected chi connectivity index (χ3v) is 3.11. The zero-order valence-corrected chi connectivity index (χ0v) is 9.79. The van der Waals surface area contributed by atoms with Crippen molar-refractivity contribution in [1.82, 2.24) is 4.98 Å². The zero-order chi connectivity index (χ0) is 10.8. The van der Waals surface area contributed by atoms with E-state index in [9.17, 15) is 5.11 Å². The fourth-order valence-corrected chi connectivity index (χ4v) is 2.32. The van der Waals surface area contributed by atoms with Crippen LogP contribution in [-0.4, -0.2) is 16.6 Å². The average Bonchev–Trinajstić information content (AvgIpc) is 2.61. The monoisotopic (exact) mass is 268 g/mol. The minimum absolute atomic E-state index is 0.486. The molecule has 15 heavy (non-hydrogen) atoms. The molecule has 0 aliphatic carbocycles. The van der Waals surface area contributed by atoms with Crippen LogP contribution in [0.3, 0.4) is 0 Å². The highest BCUT2D eigenvalue weighted by molar-refractivity contribution is 9.10. The number of nitrogens with two attached hydrogens (primary N) is 1. The Morgan fingerprint density at radius 2 is 2.27 bits per heavy atom. The summed E-state index contributed by atoms with van der Waals surface area (Å²) in [5, 5.41) is 11.0. The molecule has 80 valence electrons. The fourth-order valence-electron chi connectivity index (χ4n) is 1.76. The van der Waals surface area contributed by atoms with E-state index >= 15 is 0 Å². The second-order valence-corrected chi connectivity index (χ2v) is 4.35. The van der Waals surface area contributed by atoms with Gasteiger partial charge in [0.15, 0.2) is 0 Å². The summed E-state index contributed by atoms with van der Waals surface area (Å²) in [6.07, 6.45) is 1.96. The number of aromatic nitrogens is 1. The Morgan fingerprint density at radius 3 is 3.00 bits per heavy atom. The lowest BCUT2D eigenvalue weighted by atomic mass is 10.0. The van der Waals surface area contributed by atoms with E-state index in [-0.39, 0.29) is 0 Å². The SMILES string of the molecule is NCCC(O)c1cccc2[nH]cc(Br)c12. The molecule has 1 atom stereocenters. The van der Waals surface area contributed by atoms with Gasteiger partial charge >= 0.3 is 0 Å². The Bertz CT molecular complexity index is 467. The van der Waals surface area contributed by atoms with Gasteiger partial charge in [-0.05, 0) is 40.5 Å². The van der Waals surface area contributed by atoms with E-state index in [2.05, 4.69) is 20.9 Å². The van der Waals surface area contributed by atoms with Gasteiger partial charge in [-0.25, -0.2) is 0 Å². The molecule has 1 unspecified atom stereocenters. The summed E-state index contributed by atoms with van der Waals surface area (Å²) in [7, 11) is 0. The van der Waals surface area contributed by atoms with Gasteiger partial charge in [0.2, 0.25) is 0 Å². The number of rotatable bonds is 3. The lowest BCUT2D eigenvalue weighted by Gasteiger charge is -2.11. The van der Waals surface area contributed by atoms with Gasteiger partial charge in [-0.3, -0.25) is 0 Å². The van der Waals surface area contributed by atoms with Crippen molar-refractivity contribution in [2.75, 3.05) is 6.54 Å². The summed E-state index contributed by atoms with van der Waals surface area (Å²) in [5.74, 6) is 0. The van der Waals surface area contributed by atoms with Crippen LogP contribution >= 0.6 is 15.9 Å². The molecule has 0 radical (unpaired) electrons. The Labute approximate surface area is 96.4 Å². The molecule has 0 amide bonds. The van der Waals surface area contributed by atoms with Crippen LogP contribution in [-0.2, 0) is 0 Å². The third-order valence-electron chi connectivity index (χ3n) is 2.49. The first kappa shape index (κ1) is 10.7. The highest BCUT2D eigenvalue weighted by Crippen LogP contribution is 2.31. The van der Waals surface area contributed by atoms with E-state index < -0.39 is 6.10 Å². The van der Waals surface area contributed by atoms with Gasteiger partial charge < -0.3 is 15.8 Å². The first-order chi connectivity index (χ1) is 7.24. The molecule has 1 aromatic carbocycles. The number of hydrogen-bond acceptors (Lipinski definition) is 2. The molecule has 2 aromatic rings. The predicted octanol–water partition coefficient (Wildman–Crippen LogP) is 2.31. The van der Waals surface area contributed by atoms with Crippen molar-refractivity contribution >= 4 is 26.8 Å². The van der Waals surface area contributed by atoms with Crippen LogP contribution in [0.25, 0.3) is 10.9 Å². The summed E-state index contributed by atoms with van der Waals surface area (Å²) in [4.78, 5) is 3.14. The number of H-pyrrole nitrogens is 1. The van der Waals surface area contributed by atoms with E-state index in [1.54, 1.807) is 0 Å². The molecule has 0 saturated heterocycles. The minimum atomic E-state index is -0.495. The predicted molar refractivity (Wildman–Crippen MR) is 64.6 cm³/mol. The molecule has 0 spiro atoms. The van der Waals surface area contributed by atoms with E-state index in [4.69, 9.17) is 5.73 Å². The van der Waals surface area contributed by atoms with Crippen molar-refractivity contribution in [3.05, 3.63) is 34.4 Å². The number of fused-ring (bicyclic) bond motifs is 1. The number of nitrogens with one attached hydrogen (secondary N) is 1. The quantitative estimate of drug-likeness (QED) is 0.800. The summed E-state index contributed by atoms with van der Waals surface area (Å²) in [6, 6.07) is 5.85. The van der Waals surface area contributed by atoms with Crippen molar-refractivity contribution in [3.8, 4) is 0 Å². The first-order valence-corrected chi connectivity index (χ1v) is 5.67. The smallest absolute Gasteiger partial charge is 0.0809 e. The Hall–Kier alpha value is -0.840. The number of hydrogen-bond donors (Lipinski definition) is 3. The van der Waals surface area contributed by atoms with E-state index in [1.807, 2.05) is 24.4 Å². The summed E-state index contributed by atoms with van der Waals surface area (Å²) in [6.45, 7) is 0.486. The van der Waals surface area contributed by atoms with Crippen LogP contribution in [0.4, 0.5) is 0 Å². The molecule has 0 fully saturated rings. The number of benzene rings is 1. The molecular weight excluding hydrogens is 256 g/mol. The molecule has 0 aliphatic rings. The van der Waals surface area contributed by atoms with Crippen molar-refractivity contribution < 1.29 is 5.11 Å². The third kappa shape index (κ3) is 1.93. The number of aliphatic hydroxyl groups excluding tert-OH is 1. The largest absolute Gasteiger partial charge is 0.388 e. The molecule has 1 aromatic heterocycles. The summed E-state index contributed by atoms with van der Waals surface area (Å²) >= 11 is 3.46. The number of halogens is 1. The fraction of sp³-hybridized carbons (Fsp3) is 0.273. The van der Waals surface area contributed by atoms with Crippen LogP contribution < -0.4 is 5.73 Å².